The van der Waals surface area contributed by atoms with E-state index in [1.165, 1.54) is 0 Å². The monoisotopic (exact) mass is 438 g/mol. The summed E-state index contributed by atoms with van der Waals surface area (Å²) in [7, 11) is 0. The highest BCUT2D eigenvalue weighted by molar-refractivity contribution is 7.13. The van der Waals surface area contributed by atoms with Crippen molar-refractivity contribution in [2.45, 2.75) is 6.54 Å². The van der Waals surface area contributed by atoms with Crippen molar-refractivity contribution in [1.82, 2.24) is 10.3 Å². The lowest BCUT2D eigenvalue weighted by Gasteiger charge is -2.06. The minimum atomic E-state index is -0.644. The highest BCUT2D eigenvalue weighted by Crippen LogP contribution is 2.28. The number of amides is 1. The molecule has 0 aliphatic heterocycles. The molecule has 156 valence electrons. The van der Waals surface area contributed by atoms with E-state index < -0.39 is 11.5 Å². The number of nitrogens with one attached hydrogen (secondary N) is 1. The quantitative estimate of drug-likeness (QED) is 0.367. The summed E-state index contributed by atoms with van der Waals surface area (Å²) < 4.78 is 5.24. The van der Waals surface area contributed by atoms with Crippen LogP contribution < -0.4 is 10.9 Å². The fraction of sp³-hybridized carbons (Fsp3) is 0.0385. The minimum absolute atomic E-state index is 0.00320. The Hall–Kier alpha value is -4.03. The van der Waals surface area contributed by atoms with Crippen molar-refractivity contribution in [2.75, 3.05) is 0 Å². The van der Waals surface area contributed by atoms with Gasteiger partial charge in [-0.05, 0) is 17.7 Å². The zero-order valence-corrected chi connectivity index (χ0v) is 17.8. The Balaban J connectivity index is 1.27. The number of nitrogens with zero attached hydrogens (tertiary/aromatic N) is 1. The molecule has 1 amide bonds. The first-order valence-electron chi connectivity index (χ1n) is 10.1. The van der Waals surface area contributed by atoms with Gasteiger partial charge in [-0.15, -0.1) is 11.3 Å². The van der Waals surface area contributed by atoms with Gasteiger partial charge < -0.3 is 9.73 Å². The maximum Gasteiger partial charge on any atom is 0.349 e. The van der Waals surface area contributed by atoms with Crippen molar-refractivity contribution in [3.63, 3.8) is 0 Å². The summed E-state index contributed by atoms with van der Waals surface area (Å²) >= 11 is 1.60. The Morgan fingerprint density at radius 1 is 0.906 bits per heavy atom. The van der Waals surface area contributed by atoms with Crippen LogP contribution in [0.2, 0.25) is 0 Å². The zero-order chi connectivity index (χ0) is 21.9. The fourth-order valence-electron chi connectivity index (χ4n) is 3.41. The molecule has 0 aliphatic rings. The fourth-order valence-corrected chi connectivity index (χ4v) is 4.25. The predicted molar refractivity (Wildman–Crippen MR) is 127 cm³/mol. The number of benzene rings is 3. The third-order valence-electron chi connectivity index (χ3n) is 5.11. The lowest BCUT2D eigenvalue weighted by molar-refractivity contribution is 0.0947. The molecule has 0 bridgehead atoms. The highest BCUT2D eigenvalue weighted by atomic mass is 32.1. The molecule has 0 unspecified atom stereocenters. The number of hydrogen-bond acceptors (Lipinski definition) is 5. The molecule has 5 aromatic rings. The van der Waals surface area contributed by atoms with Gasteiger partial charge in [-0.25, -0.2) is 9.78 Å². The molecular formula is C26H18N2O3S. The van der Waals surface area contributed by atoms with Crippen LogP contribution in [0.5, 0.6) is 0 Å². The molecule has 1 N–H and O–H groups in total. The molecule has 3 aromatic carbocycles. The van der Waals surface area contributed by atoms with Crippen LogP contribution in [0.25, 0.3) is 32.8 Å². The first kappa shape index (κ1) is 19.9. The molecule has 2 aromatic heterocycles. The molecule has 0 saturated heterocycles. The highest BCUT2D eigenvalue weighted by Gasteiger charge is 2.13. The molecule has 32 heavy (non-hydrogen) atoms. The smallest absolute Gasteiger partial charge is 0.349 e. The summed E-state index contributed by atoms with van der Waals surface area (Å²) in [4.78, 5) is 29.4. The van der Waals surface area contributed by atoms with Crippen LogP contribution in [0.15, 0.2) is 99.5 Å². The van der Waals surface area contributed by atoms with E-state index in [9.17, 15) is 9.59 Å². The van der Waals surface area contributed by atoms with Crippen molar-refractivity contribution in [3.05, 3.63) is 112 Å². The van der Waals surface area contributed by atoms with Crippen molar-refractivity contribution in [2.24, 2.45) is 0 Å². The van der Waals surface area contributed by atoms with E-state index in [0.717, 1.165) is 27.4 Å². The van der Waals surface area contributed by atoms with Crippen LogP contribution in [-0.2, 0) is 6.54 Å². The standard InChI is InChI=1S/C26H18N2O3S/c29-24(21-14-20-8-4-5-9-23(20)31-26(21)30)27-15-17-10-12-19(13-11-17)25-28-22(16-32-25)18-6-2-1-3-7-18/h1-14,16H,15H2,(H,27,29). The molecule has 0 atom stereocenters. The Bertz CT molecular complexity index is 1450. The van der Waals surface area contributed by atoms with Gasteiger partial charge in [0.2, 0.25) is 0 Å². The van der Waals surface area contributed by atoms with Crippen molar-refractivity contribution in [3.8, 4) is 21.8 Å². The van der Waals surface area contributed by atoms with Gasteiger partial charge >= 0.3 is 5.63 Å². The van der Waals surface area contributed by atoms with Gasteiger partial charge in [-0.3, -0.25) is 4.79 Å². The molecular weight excluding hydrogens is 420 g/mol. The SMILES string of the molecule is O=C(NCc1ccc(-c2nc(-c3ccccc3)cs2)cc1)c1cc2ccccc2oc1=O. The molecule has 0 radical (unpaired) electrons. The maximum absolute atomic E-state index is 12.5. The molecule has 0 spiro atoms. The van der Waals surface area contributed by atoms with E-state index >= 15 is 0 Å². The van der Waals surface area contributed by atoms with Crippen molar-refractivity contribution < 1.29 is 9.21 Å². The summed E-state index contributed by atoms with van der Waals surface area (Å²) in [5, 5.41) is 6.49. The summed E-state index contributed by atoms with van der Waals surface area (Å²) in [6, 6.07) is 26.6. The molecule has 6 heteroatoms. The third kappa shape index (κ3) is 4.08. The maximum atomic E-state index is 12.5. The van der Waals surface area contributed by atoms with E-state index in [1.807, 2.05) is 66.0 Å². The predicted octanol–water partition coefficient (Wildman–Crippen LogP) is 5.51. The van der Waals surface area contributed by atoms with Gasteiger partial charge in [0.25, 0.3) is 5.91 Å². The van der Waals surface area contributed by atoms with Crippen LogP contribution in [-0.4, -0.2) is 10.9 Å². The molecule has 0 fully saturated rings. The van der Waals surface area contributed by atoms with E-state index in [0.29, 0.717) is 17.5 Å². The van der Waals surface area contributed by atoms with E-state index in [2.05, 4.69) is 5.32 Å². The number of fused-ring (bicyclic) bond motifs is 1. The summed E-state index contributed by atoms with van der Waals surface area (Å²) in [6.07, 6.45) is 0. The van der Waals surface area contributed by atoms with Gasteiger partial charge in [-0.2, -0.15) is 0 Å². The lowest BCUT2D eigenvalue weighted by atomic mass is 10.1. The van der Waals surface area contributed by atoms with Crippen LogP contribution in [0.3, 0.4) is 0 Å². The van der Waals surface area contributed by atoms with Crippen molar-refractivity contribution >= 4 is 28.2 Å². The average molecular weight is 439 g/mol. The molecule has 5 nitrogen and oxygen atoms in total. The molecule has 0 aliphatic carbocycles. The minimum Gasteiger partial charge on any atom is -0.422 e. The first-order chi connectivity index (χ1) is 15.7. The second-order valence-electron chi connectivity index (χ2n) is 7.27. The number of hydrogen-bond donors (Lipinski definition) is 1. The van der Waals surface area contributed by atoms with Gasteiger partial charge in [0.1, 0.15) is 16.2 Å². The van der Waals surface area contributed by atoms with Gasteiger partial charge in [0.15, 0.2) is 0 Å². The normalized spacial score (nSPS) is 10.9. The number of carbonyl (C=O) groups excluding carboxylic acids is 1. The Kier molecular flexibility index (Phi) is 5.35. The third-order valence-corrected chi connectivity index (χ3v) is 6.01. The van der Waals surface area contributed by atoms with Crippen molar-refractivity contribution in [1.29, 1.82) is 0 Å². The number of aromatic nitrogens is 1. The number of para-hydroxylation sites is 1. The average Bonchev–Trinajstić information content (AvgIpc) is 3.33. The first-order valence-corrected chi connectivity index (χ1v) is 11.0. The van der Waals surface area contributed by atoms with Crippen LogP contribution >= 0.6 is 11.3 Å². The number of thiazole rings is 1. The number of rotatable bonds is 5. The topological polar surface area (TPSA) is 72.2 Å². The Labute approximate surface area is 188 Å². The van der Waals surface area contributed by atoms with Crippen LogP contribution in [0.4, 0.5) is 0 Å². The van der Waals surface area contributed by atoms with E-state index in [-0.39, 0.29) is 5.56 Å². The number of carbonyl (C=O) groups is 1. The summed E-state index contributed by atoms with van der Waals surface area (Å²) in [5.74, 6) is -0.457. The lowest BCUT2D eigenvalue weighted by Crippen LogP contribution is -2.27. The van der Waals surface area contributed by atoms with Crippen LogP contribution in [0.1, 0.15) is 15.9 Å². The van der Waals surface area contributed by atoms with Gasteiger partial charge in [-0.1, -0.05) is 72.8 Å². The van der Waals surface area contributed by atoms with Gasteiger partial charge in [0.05, 0.1) is 5.69 Å². The summed E-state index contributed by atoms with van der Waals surface area (Å²) in [5.41, 5.74) is 3.80. The molecule has 0 saturated carbocycles. The van der Waals surface area contributed by atoms with Gasteiger partial charge in [0, 0.05) is 28.4 Å². The Morgan fingerprint density at radius 2 is 1.66 bits per heavy atom. The zero-order valence-electron chi connectivity index (χ0n) is 16.9. The second kappa shape index (κ2) is 8.61. The Morgan fingerprint density at radius 3 is 2.47 bits per heavy atom. The summed E-state index contributed by atoms with van der Waals surface area (Å²) in [6.45, 7) is 0.304. The van der Waals surface area contributed by atoms with Crippen LogP contribution in [0, 0.1) is 0 Å². The van der Waals surface area contributed by atoms with E-state index in [1.54, 1.807) is 35.6 Å². The second-order valence-corrected chi connectivity index (χ2v) is 8.13. The largest absolute Gasteiger partial charge is 0.422 e. The molecule has 2 heterocycles. The molecule has 5 rings (SSSR count). The van der Waals surface area contributed by atoms with E-state index in [4.69, 9.17) is 9.40 Å².